The molecule has 0 saturated heterocycles. The molecule has 4 atom stereocenters. The lowest BCUT2D eigenvalue weighted by Gasteiger charge is -2.25. The van der Waals surface area contributed by atoms with Crippen LogP contribution in [0.1, 0.15) is 157 Å². The lowest BCUT2D eigenvalue weighted by molar-refractivity contribution is 0.0577. The van der Waals surface area contributed by atoms with E-state index in [1.54, 1.807) is 107 Å². The fraction of sp³-hybridized carbons (Fsp3) is 0.358. The molecular formula is C95H114Cl2F3N27O18. The highest BCUT2D eigenvalue weighted by molar-refractivity contribution is 6.30. The van der Waals surface area contributed by atoms with E-state index in [2.05, 4.69) is 76.5 Å². The van der Waals surface area contributed by atoms with Gasteiger partial charge in [-0.05, 0) is 178 Å². The molecule has 0 saturated carbocycles. The number of anilines is 9. The van der Waals surface area contributed by atoms with Gasteiger partial charge in [-0.15, -0.1) is 0 Å². The summed E-state index contributed by atoms with van der Waals surface area (Å²) >= 11 is 12.0. The number of nitrogen functional groups attached to an aromatic ring is 1. The maximum Gasteiger partial charge on any atom is 0.415 e. The van der Waals surface area contributed by atoms with Crippen LogP contribution < -0.4 is 64.1 Å². The summed E-state index contributed by atoms with van der Waals surface area (Å²) in [6, 6.07) is 23.1. The first-order valence-corrected chi connectivity index (χ1v) is 45.6. The van der Waals surface area contributed by atoms with Gasteiger partial charge < -0.3 is 72.5 Å². The smallest absolute Gasteiger partial charge is 0.415 e. The Morgan fingerprint density at radius 1 is 0.462 bits per heavy atom. The second kappa shape index (κ2) is 50.3. The van der Waals surface area contributed by atoms with Crippen molar-refractivity contribution in [2.24, 2.45) is 29.4 Å². The number of carbonyl (C=O) groups excluding carboxylic acids is 6. The Hall–Kier alpha value is -15.8. The van der Waals surface area contributed by atoms with E-state index >= 15 is 0 Å². The summed E-state index contributed by atoms with van der Waals surface area (Å²) in [7, 11) is 6.17. The molecule has 14 heterocycles. The van der Waals surface area contributed by atoms with E-state index in [-0.39, 0.29) is 170 Å². The zero-order valence-electron chi connectivity index (χ0n) is 82.4. The number of aliphatic hydroxyl groups excluding tert-OH is 4. The number of carboxylic acids is 1. The number of carbonyl (C=O) groups is 7. The summed E-state index contributed by atoms with van der Waals surface area (Å²) in [5, 5.41) is 73.4. The molecule has 14 aromatic rings. The Balaban J connectivity index is 0.000000205. The molecule has 0 aliphatic carbocycles. The number of nitrogens with zero attached hydrogens (tertiary/aromatic N) is 21. The molecule has 14 aromatic heterocycles. The van der Waals surface area contributed by atoms with Gasteiger partial charge in [-0.1, -0.05) is 50.9 Å². The van der Waals surface area contributed by atoms with Gasteiger partial charge in [0.25, 0.3) is 22.6 Å². The summed E-state index contributed by atoms with van der Waals surface area (Å²) in [5.74, 6) is -2.32. The van der Waals surface area contributed by atoms with Crippen molar-refractivity contribution in [3.05, 3.63) is 240 Å². The van der Waals surface area contributed by atoms with Crippen LogP contribution in [-0.4, -0.2) is 239 Å². The molecule has 0 aliphatic rings. The molecule has 0 aliphatic heterocycles. The number of hydrogen-bond donors (Lipinski definition) is 11. The third kappa shape index (κ3) is 29.9. The largest absolute Gasteiger partial charge is 0.477 e. The minimum Gasteiger partial charge on any atom is -0.477 e. The number of carboxylic acid groups (broad SMARTS) is 1. The highest BCUT2D eigenvalue weighted by Crippen LogP contribution is 2.31. The second-order valence-corrected chi connectivity index (χ2v) is 36.6. The van der Waals surface area contributed by atoms with Gasteiger partial charge in [0, 0.05) is 135 Å². The number of hydrogen-bond acceptors (Lipinski definition) is 33. The van der Waals surface area contributed by atoms with E-state index in [0.717, 1.165) is 19.9 Å². The molecule has 4 amide bonds. The number of Topliss-reactive ketones (excluding diaryl/α,β-unsaturated/α-hetero) is 2. The SMILES string of the molecule is CC(CN)CO.CC(CO)CCC(=O)c1cnn2c(N(C)C(=O)OC(C)(C)C)cc(Nc3cccn(-c4ncccc4F)c3=O)nc12.CC(CO)CNC(=O)c1cnn2c(N(C)C(=O)OC(C)(C)C)cc(Cl)nc12.CN(C(=O)OC(C)(C)C)c1cc(Cl)nc2c(C(=O)O)cnn12.CNc1cc(Nc2cccn(-c3ncccc3F)c2=O)nc2c(C(=O)CCC(C)CO)cnn12.Nc1cccn(-c2ncccc2F)c1=O. The first kappa shape index (κ1) is 113. The number of aliphatic hydroxyl groups is 4. The summed E-state index contributed by atoms with van der Waals surface area (Å²) < 4.78 is 66.7. The van der Waals surface area contributed by atoms with Gasteiger partial charge in [-0.2, -0.15) is 38.5 Å². The van der Waals surface area contributed by atoms with Crippen LogP contribution in [0.4, 0.5) is 79.5 Å². The predicted molar refractivity (Wildman–Crippen MR) is 536 cm³/mol. The number of aromatic carboxylic acids is 1. The molecule has 50 heteroatoms. The van der Waals surface area contributed by atoms with Crippen molar-refractivity contribution >= 4 is 139 Å². The van der Waals surface area contributed by atoms with E-state index in [1.165, 1.54) is 176 Å². The molecule has 0 aromatic carbocycles. The van der Waals surface area contributed by atoms with E-state index in [0.29, 0.717) is 54.6 Å². The third-order valence-corrected chi connectivity index (χ3v) is 20.8. The molecule has 0 fully saturated rings. The number of ketones is 2. The maximum atomic E-state index is 14.4. The van der Waals surface area contributed by atoms with Crippen molar-refractivity contribution < 1.29 is 86.5 Å². The number of amides is 4. The Morgan fingerprint density at radius 2 is 0.807 bits per heavy atom. The topological polar surface area (TPSA) is 584 Å². The standard InChI is InChI=1S/C28H32FN7O5.C23H24FN7O3.C17H24ClN5O4.C13H15ClN4O4.C10H8FN3O.C4H11NO/c1-17(16-37)10-11-21(38)18-15-31-36-23(34(5)27(40)41-28(2,3)4)14-22(33-24(18)36)32-20-9-7-13-35(26(20)39)25-19(29)8-6-12-30-25;1-14(13-32)7-8-18(33)15-12-27-31-20(25-2)11-19(29-21(15)31)28-17-6-4-10-30(23(17)34)22-16(24)5-3-9-26-22;1-10(9-24)7-19-15(25)11-8-20-23-13(6-12(18)21-14(11)23)22(5)16(26)27-17(2,3)4;1-13(2,3)22-12(21)17(4)9-5-8(14)16-10-7(11(19)20)6-15-18(9)10;11-7-3-1-5-13-9(7)14-6-2-4-8(12)10(14)15;1-4(2-5)3-6/h6-9,12-15,17,37H,10-11,16H2,1-5H3,(H,32,33);3-6,9-12,14,25,32H,7-8,13H2,1-2H3,(H,28,29);6,8,10,24H,7,9H2,1-5H3,(H,19,25);5-6H,1-4H3,(H,19,20);1-6H,12H2;4,6H,2-3,5H2,1H3. The van der Waals surface area contributed by atoms with Crippen LogP contribution in [0.3, 0.4) is 0 Å². The number of ether oxygens (including phenoxy) is 3. The number of nitrogens with two attached hydrogens (primary N) is 2. The van der Waals surface area contributed by atoms with Gasteiger partial charge in [0.1, 0.15) is 84.5 Å². The number of fused-ring (bicyclic) bond motifs is 4. The van der Waals surface area contributed by atoms with E-state index in [9.17, 15) is 71.3 Å². The fourth-order valence-corrected chi connectivity index (χ4v) is 12.9. The molecule has 14 rings (SSSR count). The number of rotatable bonds is 28. The average Bonchev–Trinajstić information content (AvgIpc) is 1.67. The Morgan fingerprint density at radius 3 is 1.17 bits per heavy atom. The molecule has 4 unspecified atom stereocenters. The quantitative estimate of drug-likeness (QED) is 0.0123. The summed E-state index contributed by atoms with van der Waals surface area (Å²) in [4.78, 5) is 157. The van der Waals surface area contributed by atoms with Gasteiger partial charge in [0.05, 0.1) is 41.6 Å². The fourth-order valence-electron chi connectivity index (χ4n) is 12.6. The van der Waals surface area contributed by atoms with Crippen LogP contribution in [0.2, 0.25) is 10.3 Å². The van der Waals surface area contributed by atoms with Crippen molar-refractivity contribution in [2.45, 2.75) is 132 Å². The van der Waals surface area contributed by atoms with Crippen LogP contribution in [-0.2, 0) is 14.2 Å². The highest BCUT2D eigenvalue weighted by atomic mass is 35.5. The van der Waals surface area contributed by atoms with Crippen LogP contribution in [0.15, 0.2) is 173 Å². The highest BCUT2D eigenvalue weighted by Gasteiger charge is 2.31. The minimum absolute atomic E-state index is 0.00744. The molecule has 13 N–H and O–H groups in total. The van der Waals surface area contributed by atoms with Gasteiger partial charge in [0.2, 0.25) is 0 Å². The molecule has 0 bridgehead atoms. The first-order chi connectivity index (χ1) is 68.4. The minimum atomic E-state index is -1.18. The van der Waals surface area contributed by atoms with Crippen LogP contribution in [0.5, 0.6) is 0 Å². The van der Waals surface area contributed by atoms with Crippen molar-refractivity contribution in [3.8, 4) is 17.5 Å². The summed E-state index contributed by atoms with van der Waals surface area (Å²) in [6.07, 6.45) is 13.2. The monoisotopic (exact) mass is 2050 g/mol. The third-order valence-electron chi connectivity index (χ3n) is 20.4. The lowest BCUT2D eigenvalue weighted by atomic mass is 10.0. The first-order valence-electron chi connectivity index (χ1n) is 44.9. The predicted octanol–water partition coefficient (Wildman–Crippen LogP) is 12.0. The van der Waals surface area contributed by atoms with E-state index in [4.69, 9.17) is 64.2 Å². The van der Waals surface area contributed by atoms with Crippen molar-refractivity contribution in [1.29, 1.82) is 0 Å². The molecule has 0 spiro atoms. The van der Waals surface area contributed by atoms with Gasteiger partial charge >= 0.3 is 24.2 Å². The number of pyridine rings is 6. The Kier molecular flexibility index (Phi) is 39.1. The summed E-state index contributed by atoms with van der Waals surface area (Å²) in [5.41, 5.74) is 8.47. The normalized spacial score (nSPS) is 12.0. The number of aromatic nitrogens is 18. The second-order valence-electron chi connectivity index (χ2n) is 35.8. The average molecular weight is 2050 g/mol. The molecule has 772 valence electrons. The maximum absolute atomic E-state index is 14.4. The van der Waals surface area contributed by atoms with E-state index < -0.39 is 81.1 Å². The van der Waals surface area contributed by atoms with Gasteiger partial charge in [-0.3, -0.25) is 57.2 Å². The zero-order valence-corrected chi connectivity index (χ0v) is 83.9. The van der Waals surface area contributed by atoms with Crippen molar-refractivity contribution in [1.82, 2.24) is 92.4 Å². The van der Waals surface area contributed by atoms with Gasteiger partial charge in [-0.25, -0.2) is 67.2 Å². The Bertz CT molecular complexity index is 7150. The zero-order chi connectivity index (χ0) is 107. The van der Waals surface area contributed by atoms with Crippen molar-refractivity contribution in [2.75, 3.05) is 104 Å². The molecule has 45 nitrogen and oxygen atoms in total. The van der Waals surface area contributed by atoms with E-state index in [1.807, 2.05) is 20.8 Å². The number of nitrogens with one attached hydrogen (secondary N) is 4. The van der Waals surface area contributed by atoms with Crippen LogP contribution in [0.25, 0.3) is 40.0 Å². The molecule has 145 heavy (non-hydrogen) atoms. The molecule has 0 radical (unpaired) electrons. The molecular weight excluding hydrogens is 1940 g/mol. The van der Waals surface area contributed by atoms with Crippen LogP contribution >= 0.6 is 23.2 Å². The lowest BCUT2D eigenvalue weighted by Crippen LogP contribution is -2.35. The Labute approximate surface area is 837 Å². The number of halogens is 5. The summed E-state index contributed by atoms with van der Waals surface area (Å²) in [6.45, 7) is 24.1. The van der Waals surface area contributed by atoms with Crippen LogP contribution in [0, 0.1) is 41.1 Å². The van der Waals surface area contributed by atoms with Gasteiger partial charge in [0.15, 0.2) is 69.1 Å². The van der Waals surface area contributed by atoms with Crippen molar-refractivity contribution in [3.63, 3.8) is 0 Å².